The highest BCUT2D eigenvalue weighted by Gasteiger charge is 2.15. The van der Waals surface area contributed by atoms with E-state index in [0.717, 1.165) is 0 Å². The number of hydrogen-bond donors (Lipinski definition) is 0. The fourth-order valence-electron chi connectivity index (χ4n) is 1.04. The van der Waals surface area contributed by atoms with Crippen molar-refractivity contribution in [2.45, 2.75) is 13.5 Å². The molecule has 1 aromatic carbocycles. The molecule has 1 aromatic rings. The zero-order valence-corrected chi connectivity index (χ0v) is 9.42. The van der Waals surface area contributed by atoms with E-state index in [0.29, 0.717) is 3.57 Å². The van der Waals surface area contributed by atoms with Crippen molar-refractivity contribution in [3.8, 4) is 5.75 Å². The SMILES string of the molecule is CC(=O)c1c(I)cccc1OC(F)F. The summed E-state index contributed by atoms with van der Waals surface area (Å²) >= 11 is 1.90. The van der Waals surface area contributed by atoms with Crippen LogP contribution >= 0.6 is 22.6 Å². The van der Waals surface area contributed by atoms with Crippen LogP contribution in [0.4, 0.5) is 8.78 Å². The predicted octanol–water partition coefficient (Wildman–Crippen LogP) is 3.10. The quantitative estimate of drug-likeness (QED) is 0.633. The molecule has 2 nitrogen and oxygen atoms in total. The van der Waals surface area contributed by atoms with Crippen molar-refractivity contribution in [3.05, 3.63) is 27.3 Å². The smallest absolute Gasteiger partial charge is 0.387 e. The molecule has 0 saturated heterocycles. The second kappa shape index (κ2) is 4.68. The molecule has 0 heterocycles. The lowest BCUT2D eigenvalue weighted by Crippen LogP contribution is -2.07. The Morgan fingerprint density at radius 2 is 2.14 bits per heavy atom. The molecule has 76 valence electrons. The Bertz CT molecular complexity index is 353. The molecular weight excluding hydrogens is 305 g/mol. The highest BCUT2D eigenvalue weighted by molar-refractivity contribution is 14.1. The maximum absolute atomic E-state index is 12.0. The molecule has 0 unspecified atom stereocenters. The van der Waals surface area contributed by atoms with Crippen LogP contribution in [0.5, 0.6) is 5.75 Å². The molecule has 0 aromatic heterocycles. The molecule has 0 amide bonds. The van der Waals surface area contributed by atoms with E-state index < -0.39 is 6.61 Å². The third kappa shape index (κ3) is 2.63. The van der Waals surface area contributed by atoms with Crippen LogP contribution in [-0.2, 0) is 0 Å². The minimum atomic E-state index is -2.91. The number of carbonyl (C=O) groups excluding carboxylic acids is 1. The fraction of sp³-hybridized carbons (Fsp3) is 0.222. The summed E-state index contributed by atoms with van der Waals surface area (Å²) in [6.07, 6.45) is 0. The first-order chi connectivity index (χ1) is 6.52. The number of rotatable bonds is 3. The van der Waals surface area contributed by atoms with E-state index in [1.807, 2.05) is 22.6 Å². The number of Topliss-reactive ketones (excluding diaryl/α,β-unsaturated/α-hetero) is 1. The zero-order valence-electron chi connectivity index (χ0n) is 7.26. The van der Waals surface area contributed by atoms with Crippen molar-refractivity contribution in [2.75, 3.05) is 0 Å². The highest BCUT2D eigenvalue weighted by Crippen LogP contribution is 2.25. The van der Waals surface area contributed by atoms with Crippen molar-refractivity contribution >= 4 is 28.4 Å². The Labute approximate surface area is 93.4 Å². The van der Waals surface area contributed by atoms with Crippen LogP contribution in [-0.4, -0.2) is 12.4 Å². The predicted molar refractivity (Wildman–Crippen MR) is 55.8 cm³/mol. The number of benzene rings is 1. The van der Waals surface area contributed by atoms with Crippen molar-refractivity contribution in [2.24, 2.45) is 0 Å². The van der Waals surface area contributed by atoms with Crippen LogP contribution in [0.2, 0.25) is 0 Å². The van der Waals surface area contributed by atoms with E-state index in [2.05, 4.69) is 4.74 Å². The van der Waals surface area contributed by atoms with Gasteiger partial charge in [-0.25, -0.2) is 0 Å². The Balaban J connectivity index is 3.14. The minimum absolute atomic E-state index is 0.0700. The number of ketones is 1. The molecule has 1 rings (SSSR count). The van der Waals surface area contributed by atoms with Crippen molar-refractivity contribution in [1.82, 2.24) is 0 Å². The van der Waals surface area contributed by atoms with Crippen LogP contribution in [0, 0.1) is 3.57 Å². The van der Waals surface area contributed by atoms with E-state index in [1.165, 1.54) is 13.0 Å². The lowest BCUT2D eigenvalue weighted by Gasteiger charge is -2.09. The average Bonchev–Trinajstić information content (AvgIpc) is 2.01. The van der Waals surface area contributed by atoms with Gasteiger partial charge in [0, 0.05) is 3.57 Å². The molecule has 0 saturated carbocycles. The highest BCUT2D eigenvalue weighted by atomic mass is 127. The maximum atomic E-state index is 12.0. The van der Waals surface area contributed by atoms with Crippen molar-refractivity contribution in [1.29, 1.82) is 0 Å². The average molecular weight is 312 g/mol. The largest absolute Gasteiger partial charge is 0.434 e. The van der Waals surface area contributed by atoms with Gasteiger partial charge >= 0.3 is 6.61 Å². The van der Waals surface area contributed by atoms with Crippen molar-refractivity contribution in [3.63, 3.8) is 0 Å². The summed E-state index contributed by atoms with van der Waals surface area (Å²) in [5, 5.41) is 0. The molecule has 0 atom stereocenters. The Morgan fingerprint density at radius 3 is 2.64 bits per heavy atom. The second-order valence-corrected chi connectivity index (χ2v) is 3.71. The van der Waals surface area contributed by atoms with E-state index >= 15 is 0 Å². The summed E-state index contributed by atoms with van der Waals surface area (Å²) in [6, 6.07) is 4.58. The molecule has 0 aliphatic carbocycles. The first kappa shape index (κ1) is 11.4. The Kier molecular flexibility index (Phi) is 3.79. The molecule has 0 aliphatic heterocycles. The minimum Gasteiger partial charge on any atom is -0.434 e. The lowest BCUT2D eigenvalue weighted by molar-refractivity contribution is -0.0501. The summed E-state index contributed by atoms with van der Waals surface area (Å²) < 4.78 is 28.8. The molecule has 14 heavy (non-hydrogen) atoms. The van der Waals surface area contributed by atoms with Gasteiger partial charge in [0.2, 0.25) is 0 Å². The van der Waals surface area contributed by atoms with Crippen LogP contribution in [0.15, 0.2) is 18.2 Å². The molecule has 5 heteroatoms. The number of alkyl halides is 2. The zero-order chi connectivity index (χ0) is 10.7. The molecule has 0 N–H and O–H groups in total. The van der Waals surface area contributed by atoms with Gasteiger partial charge in [0.25, 0.3) is 0 Å². The maximum Gasteiger partial charge on any atom is 0.387 e. The van der Waals surface area contributed by atoms with E-state index in [-0.39, 0.29) is 17.1 Å². The summed E-state index contributed by atoms with van der Waals surface area (Å²) in [7, 11) is 0. The van der Waals surface area contributed by atoms with Gasteiger partial charge in [-0.3, -0.25) is 4.79 Å². The second-order valence-electron chi connectivity index (χ2n) is 2.55. The number of hydrogen-bond acceptors (Lipinski definition) is 2. The van der Waals surface area contributed by atoms with Crippen LogP contribution < -0.4 is 4.74 Å². The van der Waals surface area contributed by atoms with Gasteiger partial charge in [-0.1, -0.05) is 6.07 Å². The third-order valence-electron chi connectivity index (χ3n) is 1.54. The third-order valence-corrected chi connectivity index (χ3v) is 2.44. The normalized spacial score (nSPS) is 10.4. The number of ether oxygens (including phenoxy) is 1. The molecule has 0 spiro atoms. The van der Waals surface area contributed by atoms with Gasteiger partial charge in [-0.15, -0.1) is 0 Å². The first-order valence-corrected chi connectivity index (χ1v) is 4.84. The Morgan fingerprint density at radius 1 is 1.50 bits per heavy atom. The summed E-state index contributed by atoms with van der Waals surface area (Å²) in [6.45, 7) is -1.60. The van der Waals surface area contributed by atoms with E-state index in [1.54, 1.807) is 12.1 Å². The van der Waals surface area contributed by atoms with Crippen LogP contribution in [0.1, 0.15) is 17.3 Å². The van der Waals surface area contributed by atoms with Gasteiger partial charge in [0.1, 0.15) is 5.75 Å². The van der Waals surface area contributed by atoms with Gasteiger partial charge in [-0.2, -0.15) is 8.78 Å². The van der Waals surface area contributed by atoms with E-state index in [4.69, 9.17) is 0 Å². The Hall–Kier alpha value is -0.720. The summed E-state index contributed by atoms with van der Waals surface area (Å²) in [4.78, 5) is 11.1. The number of carbonyl (C=O) groups is 1. The summed E-state index contributed by atoms with van der Waals surface area (Å²) in [5.74, 6) is -0.356. The summed E-state index contributed by atoms with van der Waals surface area (Å²) in [5.41, 5.74) is 0.202. The molecular formula is C9H7F2IO2. The molecule has 0 aliphatic rings. The fourth-order valence-corrected chi connectivity index (χ4v) is 1.89. The van der Waals surface area contributed by atoms with Gasteiger partial charge < -0.3 is 4.74 Å². The van der Waals surface area contributed by atoms with Crippen LogP contribution in [0.25, 0.3) is 0 Å². The van der Waals surface area contributed by atoms with E-state index in [9.17, 15) is 13.6 Å². The van der Waals surface area contributed by atoms with Crippen LogP contribution in [0.3, 0.4) is 0 Å². The topological polar surface area (TPSA) is 26.3 Å². The van der Waals surface area contributed by atoms with Gasteiger partial charge in [0.05, 0.1) is 5.56 Å². The monoisotopic (exact) mass is 312 g/mol. The van der Waals surface area contributed by atoms with Gasteiger partial charge in [-0.05, 0) is 41.6 Å². The van der Waals surface area contributed by atoms with Crippen molar-refractivity contribution < 1.29 is 18.3 Å². The first-order valence-electron chi connectivity index (χ1n) is 3.76. The standard InChI is InChI=1S/C9H7F2IO2/c1-5(13)8-6(12)3-2-4-7(8)14-9(10)11/h2-4,9H,1H3. The lowest BCUT2D eigenvalue weighted by atomic mass is 10.1. The molecule has 0 bridgehead atoms. The molecule has 0 fully saturated rings. The van der Waals surface area contributed by atoms with Gasteiger partial charge in [0.15, 0.2) is 5.78 Å². The molecule has 0 radical (unpaired) electrons. The number of halogens is 3.